The lowest BCUT2D eigenvalue weighted by atomic mass is 9.72. The lowest BCUT2D eigenvalue weighted by molar-refractivity contribution is -0.146. The Balaban J connectivity index is 2.38. The molecule has 26 heavy (non-hydrogen) atoms. The number of rotatable bonds is 4. The van der Waals surface area contributed by atoms with Crippen LogP contribution in [0.25, 0.3) is 0 Å². The predicted molar refractivity (Wildman–Crippen MR) is 96.4 cm³/mol. The first-order chi connectivity index (χ1) is 12.3. The smallest absolute Gasteiger partial charge is 0.408 e. The lowest BCUT2D eigenvalue weighted by Gasteiger charge is -2.35. The number of esters is 1. The van der Waals surface area contributed by atoms with Gasteiger partial charge in [0, 0.05) is 5.92 Å². The van der Waals surface area contributed by atoms with Gasteiger partial charge in [-0.05, 0) is 51.7 Å². The van der Waals surface area contributed by atoms with Gasteiger partial charge in [0.2, 0.25) is 0 Å². The number of nitriles is 1. The number of benzene rings is 1. The van der Waals surface area contributed by atoms with E-state index in [2.05, 4.69) is 11.4 Å². The van der Waals surface area contributed by atoms with E-state index in [1.165, 1.54) is 0 Å². The fourth-order valence-electron chi connectivity index (χ4n) is 3.31. The van der Waals surface area contributed by atoms with E-state index >= 15 is 0 Å². The van der Waals surface area contributed by atoms with E-state index in [9.17, 15) is 14.9 Å². The van der Waals surface area contributed by atoms with Crippen molar-refractivity contribution in [3.63, 3.8) is 0 Å². The predicted octanol–water partition coefficient (Wildman–Crippen LogP) is 3.31. The molecule has 3 atom stereocenters. The number of carbonyl (C=O) groups excluding carboxylic acids is 2. The average Bonchev–Trinajstić information content (AvgIpc) is 2.57. The molecule has 0 radical (unpaired) electrons. The normalized spacial score (nSPS) is 20.3. The number of amides is 1. The highest BCUT2D eigenvalue weighted by atomic mass is 16.6. The van der Waals surface area contributed by atoms with Gasteiger partial charge in [-0.25, -0.2) is 9.59 Å². The van der Waals surface area contributed by atoms with Crippen LogP contribution in [0.15, 0.2) is 24.3 Å². The summed E-state index contributed by atoms with van der Waals surface area (Å²) in [5, 5.41) is 12.3. The zero-order valence-electron chi connectivity index (χ0n) is 15.7. The molecule has 1 aliphatic rings. The number of hydrogen-bond donors (Lipinski definition) is 1. The Bertz CT molecular complexity index is 702. The van der Waals surface area contributed by atoms with Crippen molar-refractivity contribution in [3.05, 3.63) is 35.4 Å². The molecule has 2 rings (SSSR count). The van der Waals surface area contributed by atoms with Gasteiger partial charge in [-0.3, -0.25) is 0 Å². The van der Waals surface area contributed by atoms with Gasteiger partial charge in [-0.2, -0.15) is 5.26 Å². The third kappa shape index (κ3) is 4.75. The molecule has 1 amide bonds. The Morgan fingerprint density at radius 3 is 2.65 bits per heavy atom. The van der Waals surface area contributed by atoms with Crippen LogP contribution in [0.2, 0.25) is 0 Å². The molecule has 0 saturated carbocycles. The maximum absolute atomic E-state index is 12.6. The third-order valence-electron chi connectivity index (χ3n) is 4.31. The zero-order chi connectivity index (χ0) is 19.3. The second-order valence-corrected chi connectivity index (χ2v) is 7.37. The van der Waals surface area contributed by atoms with Gasteiger partial charge in [-0.1, -0.05) is 24.3 Å². The molecule has 0 aromatic heterocycles. The molecule has 140 valence electrons. The largest absolute Gasteiger partial charge is 0.464 e. The topological polar surface area (TPSA) is 88.4 Å². The quantitative estimate of drug-likeness (QED) is 0.834. The van der Waals surface area contributed by atoms with E-state index in [1.54, 1.807) is 27.7 Å². The fourth-order valence-corrected chi connectivity index (χ4v) is 3.31. The maximum atomic E-state index is 12.6. The fraction of sp³-hybridized carbons (Fsp3) is 0.550. The van der Waals surface area contributed by atoms with Crippen LogP contribution in [0.5, 0.6) is 0 Å². The van der Waals surface area contributed by atoms with Gasteiger partial charge in [0.05, 0.1) is 18.6 Å². The molecule has 3 unspecified atom stereocenters. The van der Waals surface area contributed by atoms with Crippen molar-refractivity contribution in [2.75, 3.05) is 6.61 Å². The molecular formula is C20H26N2O4. The minimum atomic E-state index is -0.976. The number of hydrogen-bond acceptors (Lipinski definition) is 5. The van der Waals surface area contributed by atoms with Crippen molar-refractivity contribution in [2.24, 2.45) is 5.92 Å². The number of fused-ring (bicyclic) bond motifs is 1. The minimum absolute atomic E-state index is 0.191. The SMILES string of the molecule is CCOC(=O)C(NC(=O)OC(C)(C)C)C1c2ccccc2CCC1C#N. The Morgan fingerprint density at radius 1 is 1.35 bits per heavy atom. The summed E-state index contributed by atoms with van der Waals surface area (Å²) in [6.45, 7) is 7.15. The van der Waals surface area contributed by atoms with Gasteiger partial charge < -0.3 is 14.8 Å². The van der Waals surface area contributed by atoms with Crippen LogP contribution in [-0.2, 0) is 20.7 Å². The second-order valence-electron chi connectivity index (χ2n) is 7.37. The molecule has 1 aromatic carbocycles. The van der Waals surface area contributed by atoms with E-state index < -0.39 is 35.5 Å². The Hall–Kier alpha value is -2.55. The Morgan fingerprint density at radius 2 is 2.04 bits per heavy atom. The molecule has 0 spiro atoms. The monoisotopic (exact) mass is 358 g/mol. The van der Waals surface area contributed by atoms with Crippen LogP contribution in [0.1, 0.15) is 51.2 Å². The van der Waals surface area contributed by atoms with Gasteiger partial charge in [-0.15, -0.1) is 0 Å². The van der Waals surface area contributed by atoms with Crippen molar-refractivity contribution in [1.82, 2.24) is 5.32 Å². The summed E-state index contributed by atoms with van der Waals surface area (Å²) in [6, 6.07) is 9.03. The summed E-state index contributed by atoms with van der Waals surface area (Å²) in [5.74, 6) is -1.42. The van der Waals surface area contributed by atoms with Crippen LogP contribution in [-0.4, -0.2) is 30.3 Å². The van der Waals surface area contributed by atoms with Gasteiger partial charge in [0.25, 0.3) is 0 Å². The van der Waals surface area contributed by atoms with E-state index in [1.807, 2.05) is 24.3 Å². The van der Waals surface area contributed by atoms with Crippen LogP contribution < -0.4 is 5.32 Å². The summed E-state index contributed by atoms with van der Waals surface area (Å²) in [4.78, 5) is 24.9. The number of nitrogens with one attached hydrogen (secondary N) is 1. The standard InChI is InChI=1S/C20H26N2O4/c1-5-25-18(23)17(22-19(24)26-20(2,3)4)16-14(12-21)11-10-13-8-6-7-9-15(13)16/h6-9,14,16-17H,5,10-11H2,1-4H3,(H,22,24). The molecule has 1 aliphatic carbocycles. The van der Waals surface area contributed by atoms with Crippen LogP contribution in [0, 0.1) is 17.2 Å². The minimum Gasteiger partial charge on any atom is -0.464 e. The first-order valence-electron chi connectivity index (χ1n) is 8.90. The molecule has 1 N–H and O–H groups in total. The zero-order valence-corrected chi connectivity index (χ0v) is 15.7. The van der Waals surface area contributed by atoms with Crippen molar-refractivity contribution in [2.45, 2.75) is 58.1 Å². The van der Waals surface area contributed by atoms with E-state index in [0.717, 1.165) is 17.5 Å². The third-order valence-corrected chi connectivity index (χ3v) is 4.31. The number of carbonyl (C=O) groups is 2. The molecule has 6 nitrogen and oxygen atoms in total. The first-order valence-corrected chi connectivity index (χ1v) is 8.90. The van der Waals surface area contributed by atoms with Crippen molar-refractivity contribution >= 4 is 12.1 Å². The van der Waals surface area contributed by atoms with Gasteiger partial charge >= 0.3 is 12.1 Å². The first kappa shape index (κ1) is 19.8. The maximum Gasteiger partial charge on any atom is 0.408 e. The second kappa shape index (κ2) is 8.22. The van der Waals surface area contributed by atoms with Crippen LogP contribution in [0.3, 0.4) is 0 Å². The number of ether oxygens (including phenoxy) is 2. The molecule has 0 bridgehead atoms. The number of nitrogens with zero attached hydrogens (tertiary/aromatic N) is 1. The molecule has 6 heteroatoms. The number of alkyl carbamates (subject to hydrolysis) is 1. The summed E-state index contributed by atoms with van der Waals surface area (Å²) >= 11 is 0. The molecular weight excluding hydrogens is 332 g/mol. The summed E-state index contributed by atoms with van der Waals surface area (Å²) in [5.41, 5.74) is 1.30. The van der Waals surface area contributed by atoms with E-state index in [-0.39, 0.29) is 6.61 Å². The summed E-state index contributed by atoms with van der Waals surface area (Å²) < 4.78 is 10.5. The van der Waals surface area contributed by atoms with Crippen molar-refractivity contribution in [3.8, 4) is 6.07 Å². The highest BCUT2D eigenvalue weighted by Gasteiger charge is 2.41. The molecule has 0 aliphatic heterocycles. The van der Waals surface area contributed by atoms with Crippen LogP contribution >= 0.6 is 0 Å². The Kier molecular flexibility index (Phi) is 6.25. The highest BCUT2D eigenvalue weighted by molar-refractivity contribution is 5.83. The van der Waals surface area contributed by atoms with E-state index in [0.29, 0.717) is 6.42 Å². The number of aryl methyl sites for hydroxylation is 1. The highest BCUT2D eigenvalue weighted by Crippen LogP contribution is 2.38. The molecule has 1 aromatic rings. The van der Waals surface area contributed by atoms with Crippen molar-refractivity contribution < 1.29 is 19.1 Å². The van der Waals surface area contributed by atoms with Crippen LogP contribution in [0.4, 0.5) is 4.79 Å². The summed E-state index contributed by atoms with van der Waals surface area (Å²) in [6.07, 6.45) is 0.701. The molecule has 0 fully saturated rings. The van der Waals surface area contributed by atoms with E-state index in [4.69, 9.17) is 9.47 Å². The van der Waals surface area contributed by atoms with Gasteiger partial charge in [0.15, 0.2) is 0 Å². The van der Waals surface area contributed by atoms with Gasteiger partial charge in [0.1, 0.15) is 11.6 Å². The average molecular weight is 358 g/mol. The van der Waals surface area contributed by atoms with Crippen molar-refractivity contribution in [1.29, 1.82) is 5.26 Å². The Labute approximate surface area is 154 Å². The summed E-state index contributed by atoms with van der Waals surface area (Å²) in [7, 11) is 0. The molecule has 0 heterocycles. The lowest BCUT2D eigenvalue weighted by Crippen LogP contribution is -2.50. The molecule has 0 saturated heterocycles.